The summed E-state index contributed by atoms with van der Waals surface area (Å²) in [6.07, 6.45) is 2.47. The van der Waals surface area contributed by atoms with Gasteiger partial charge in [0.15, 0.2) is 0 Å². The van der Waals surface area contributed by atoms with Gasteiger partial charge >= 0.3 is 5.97 Å². The highest BCUT2D eigenvalue weighted by molar-refractivity contribution is 5.82. The van der Waals surface area contributed by atoms with Gasteiger partial charge < -0.3 is 5.11 Å². The van der Waals surface area contributed by atoms with Crippen molar-refractivity contribution < 1.29 is 9.90 Å². The number of rotatable bonds is 2. The molecule has 1 fully saturated rings. The highest BCUT2D eigenvalue weighted by Crippen LogP contribution is 2.51. The second kappa shape index (κ2) is 3.86. The molecule has 2 rings (SSSR count). The smallest absolute Gasteiger partial charge is 0.314 e. The first kappa shape index (κ1) is 12.2. The molecular weight excluding hydrogens is 212 g/mol. The van der Waals surface area contributed by atoms with Gasteiger partial charge in [-0.1, -0.05) is 38.1 Å². The molecule has 0 spiro atoms. The zero-order chi connectivity index (χ0) is 12.7. The minimum atomic E-state index is -0.672. The lowest BCUT2D eigenvalue weighted by Crippen LogP contribution is -2.34. The van der Waals surface area contributed by atoms with Crippen molar-refractivity contribution in [1.82, 2.24) is 0 Å². The van der Waals surface area contributed by atoms with Crippen molar-refractivity contribution in [2.24, 2.45) is 5.41 Å². The molecule has 1 aliphatic carbocycles. The van der Waals surface area contributed by atoms with Crippen LogP contribution in [-0.4, -0.2) is 11.1 Å². The Morgan fingerprint density at radius 2 is 1.88 bits per heavy atom. The van der Waals surface area contributed by atoms with Gasteiger partial charge in [-0.2, -0.15) is 0 Å². The summed E-state index contributed by atoms with van der Waals surface area (Å²) >= 11 is 0. The molecule has 1 aliphatic rings. The first-order valence-corrected chi connectivity index (χ1v) is 6.17. The van der Waals surface area contributed by atoms with Gasteiger partial charge in [-0.3, -0.25) is 4.79 Å². The lowest BCUT2D eigenvalue weighted by atomic mass is 9.74. The lowest BCUT2D eigenvalue weighted by Gasteiger charge is -2.28. The van der Waals surface area contributed by atoms with Gasteiger partial charge in [0.05, 0.1) is 5.41 Å². The monoisotopic (exact) mass is 232 g/mol. The topological polar surface area (TPSA) is 37.3 Å². The molecule has 0 aromatic heterocycles. The van der Waals surface area contributed by atoms with Crippen molar-refractivity contribution in [1.29, 1.82) is 0 Å². The first-order chi connectivity index (χ1) is 7.87. The van der Waals surface area contributed by atoms with Crippen LogP contribution in [0.3, 0.4) is 0 Å². The van der Waals surface area contributed by atoms with Crippen LogP contribution in [0.25, 0.3) is 0 Å². The number of carbonyl (C=O) groups is 1. The molecule has 0 amide bonds. The van der Waals surface area contributed by atoms with Crippen LogP contribution in [0, 0.1) is 12.3 Å². The summed E-state index contributed by atoms with van der Waals surface area (Å²) in [6.45, 7) is 6.33. The summed E-state index contributed by atoms with van der Waals surface area (Å²) in [5.41, 5.74) is 1.54. The van der Waals surface area contributed by atoms with Crippen molar-refractivity contribution in [3.05, 3.63) is 35.4 Å². The Labute approximate surface area is 103 Å². The Balaban J connectivity index is 2.51. The quantitative estimate of drug-likeness (QED) is 0.847. The van der Waals surface area contributed by atoms with E-state index in [2.05, 4.69) is 13.8 Å². The van der Waals surface area contributed by atoms with E-state index in [0.29, 0.717) is 0 Å². The molecule has 1 saturated carbocycles. The van der Waals surface area contributed by atoms with Crippen molar-refractivity contribution in [3.8, 4) is 0 Å². The maximum atomic E-state index is 11.8. The second-order valence-corrected chi connectivity index (χ2v) is 6.04. The van der Waals surface area contributed by atoms with Gasteiger partial charge in [-0.25, -0.2) is 0 Å². The van der Waals surface area contributed by atoms with E-state index in [4.69, 9.17) is 0 Å². The molecule has 0 aliphatic heterocycles. The molecule has 1 N–H and O–H groups in total. The van der Waals surface area contributed by atoms with E-state index in [0.717, 1.165) is 30.4 Å². The fraction of sp³-hybridized carbons (Fsp3) is 0.533. The molecule has 0 saturated heterocycles. The molecule has 0 radical (unpaired) electrons. The summed E-state index contributed by atoms with van der Waals surface area (Å²) in [7, 11) is 0. The average Bonchev–Trinajstić information content (AvgIpc) is 2.56. The van der Waals surface area contributed by atoms with Crippen molar-refractivity contribution in [3.63, 3.8) is 0 Å². The predicted molar refractivity (Wildman–Crippen MR) is 68.1 cm³/mol. The molecule has 0 heterocycles. The zero-order valence-electron chi connectivity index (χ0n) is 10.8. The summed E-state index contributed by atoms with van der Waals surface area (Å²) < 4.78 is 0. The van der Waals surface area contributed by atoms with Crippen LogP contribution in [-0.2, 0) is 10.2 Å². The minimum Gasteiger partial charge on any atom is -0.481 e. The Hall–Kier alpha value is -1.31. The number of benzene rings is 1. The standard InChI is InChI=1S/C15H20O2/c1-11-6-4-5-7-12(11)15(13(16)17)9-8-14(2,3)10-15/h4-7H,8-10H2,1-3H3,(H,16,17). The molecule has 17 heavy (non-hydrogen) atoms. The molecule has 1 atom stereocenters. The van der Waals surface area contributed by atoms with Crippen LogP contribution < -0.4 is 0 Å². The number of carboxylic acid groups (broad SMARTS) is 1. The van der Waals surface area contributed by atoms with Crippen LogP contribution >= 0.6 is 0 Å². The highest BCUT2D eigenvalue weighted by Gasteiger charge is 2.50. The van der Waals surface area contributed by atoms with Crippen LogP contribution in [0.4, 0.5) is 0 Å². The van der Waals surface area contributed by atoms with Crippen LogP contribution in [0.15, 0.2) is 24.3 Å². The van der Waals surface area contributed by atoms with Gasteiger partial charge in [-0.15, -0.1) is 0 Å². The maximum absolute atomic E-state index is 11.8. The Kier molecular flexibility index (Phi) is 2.76. The first-order valence-electron chi connectivity index (χ1n) is 6.17. The minimum absolute atomic E-state index is 0.126. The molecule has 1 unspecified atom stereocenters. The Morgan fingerprint density at radius 3 is 2.35 bits per heavy atom. The van der Waals surface area contributed by atoms with Crippen LogP contribution in [0.5, 0.6) is 0 Å². The van der Waals surface area contributed by atoms with Crippen LogP contribution in [0.1, 0.15) is 44.2 Å². The number of hydrogen-bond acceptors (Lipinski definition) is 1. The third-order valence-electron chi connectivity index (χ3n) is 4.08. The third kappa shape index (κ3) is 1.97. The third-order valence-corrected chi connectivity index (χ3v) is 4.08. The molecule has 2 heteroatoms. The van der Waals surface area contributed by atoms with Gasteiger partial charge in [0.25, 0.3) is 0 Å². The van der Waals surface area contributed by atoms with Crippen molar-refractivity contribution in [2.45, 2.75) is 45.4 Å². The van der Waals surface area contributed by atoms with Crippen molar-refractivity contribution >= 4 is 5.97 Å². The number of aryl methyl sites for hydroxylation is 1. The van der Waals surface area contributed by atoms with E-state index >= 15 is 0 Å². The largest absolute Gasteiger partial charge is 0.481 e. The van der Waals surface area contributed by atoms with Crippen molar-refractivity contribution in [2.75, 3.05) is 0 Å². The molecule has 1 aromatic rings. The van der Waals surface area contributed by atoms with Gasteiger partial charge in [-0.05, 0) is 42.7 Å². The zero-order valence-corrected chi connectivity index (χ0v) is 10.8. The van der Waals surface area contributed by atoms with Gasteiger partial charge in [0.2, 0.25) is 0 Å². The number of hydrogen-bond donors (Lipinski definition) is 1. The van der Waals surface area contributed by atoms with E-state index < -0.39 is 11.4 Å². The summed E-state index contributed by atoms with van der Waals surface area (Å²) in [4.78, 5) is 11.8. The van der Waals surface area contributed by atoms with E-state index in [1.165, 1.54) is 0 Å². The van der Waals surface area contributed by atoms with Gasteiger partial charge in [0.1, 0.15) is 0 Å². The SMILES string of the molecule is Cc1ccccc1C1(C(=O)O)CCC(C)(C)C1. The maximum Gasteiger partial charge on any atom is 0.314 e. The normalized spacial score (nSPS) is 27.0. The molecular formula is C15H20O2. The average molecular weight is 232 g/mol. The fourth-order valence-corrected chi connectivity index (χ4v) is 3.18. The lowest BCUT2D eigenvalue weighted by molar-refractivity contribution is -0.144. The molecule has 1 aromatic carbocycles. The second-order valence-electron chi connectivity index (χ2n) is 6.04. The number of carboxylic acids is 1. The summed E-state index contributed by atoms with van der Waals surface area (Å²) in [5, 5.41) is 9.67. The summed E-state index contributed by atoms with van der Waals surface area (Å²) in [6, 6.07) is 7.89. The van der Waals surface area contributed by atoms with E-state index in [-0.39, 0.29) is 5.41 Å². The Morgan fingerprint density at radius 1 is 1.24 bits per heavy atom. The predicted octanol–water partition coefficient (Wildman–Crippen LogP) is 3.53. The van der Waals surface area contributed by atoms with Gasteiger partial charge in [0, 0.05) is 0 Å². The number of aliphatic carboxylic acids is 1. The fourth-order valence-electron chi connectivity index (χ4n) is 3.18. The van der Waals surface area contributed by atoms with E-state index in [1.54, 1.807) is 0 Å². The molecule has 92 valence electrons. The van der Waals surface area contributed by atoms with E-state index in [1.807, 2.05) is 31.2 Å². The van der Waals surface area contributed by atoms with Crippen LogP contribution in [0.2, 0.25) is 0 Å². The highest BCUT2D eigenvalue weighted by atomic mass is 16.4. The Bertz CT molecular complexity index is 448. The molecule has 2 nitrogen and oxygen atoms in total. The summed E-state index contributed by atoms with van der Waals surface area (Å²) in [5.74, 6) is -0.669. The molecule has 0 bridgehead atoms. The van der Waals surface area contributed by atoms with E-state index in [9.17, 15) is 9.90 Å².